The molecule has 5 nitrogen and oxygen atoms in total. The number of halogens is 2. The number of hydrogen-bond donors (Lipinski definition) is 1. The van der Waals surface area contributed by atoms with E-state index in [-0.39, 0.29) is 24.0 Å². The summed E-state index contributed by atoms with van der Waals surface area (Å²) in [7, 11) is 0. The summed E-state index contributed by atoms with van der Waals surface area (Å²) in [6, 6.07) is 11.6. The van der Waals surface area contributed by atoms with Crippen LogP contribution in [0.2, 0.25) is 0 Å². The molecule has 0 unspecified atom stereocenters. The van der Waals surface area contributed by atoms with Crippen LogP contribution in [0.3, 0.4) is 0 Å². The quantitative estimate of drug-likeness (QED) is 0.269. The van der Waals surface area contributed by atoms with Gasteiger partial charge in [-0.3, -0.25) is 9.59 Å². The normalized spacial score (nSPS) is 18.4. The fourth-order valence-corrected chi connectivity index (χ4v) is 3.68. The van der Waals surface area contributed by atoms with Crippen LogP contribution >= 0.6 is 15.9 Å². The molecule has 0 bridgehead atoms. The highest BCUT2D eigenvalue weighted by molar-refractivity contribution is 9.10. The van der Waals surface area contributed by atoms with Crippen molar-refractivity contribution in [2.24, 2.45) is 0 Å². The first kappa shape index (κ1) is 22.2. The molecule has 0 saturated carbocycles. The summed E-state index contributed by atoms with van der Waals surface area (Å²) in [5, 5.41) is 10.9. The molecule has 3 rings (SSSR count). The SMILES string of the molecule is CC(C)OCCCN1C(=O)C(=O)C(=C(O)c2ccc(Br)cc2)[C@H]1c1ccc(F)cc1. The maximum atomic E-state index is 13.5. The molecule has 1 heterocycles. The van der Waals surface area contributed by atoms with Gasteiger partial charge in [0, 0.05) is 23.2 Å². The van der Waals surface area contributed by atoms with Crippen LogP contribution in [0.25, 0.3) is 5.76 Å². The number of ketones is 1. The molecule has 1 fully saturated rings. The number of rotatable bonds is 7. The van der Waals surface area contributed by atoms with Gasteiger partial charge < -0.3 is 14.7 Å². The molecule has 1 amide bonds. The van der Waals surface area contributed by atoms with Crippen LogP contribution < -0.4 is 0 Å². The van der Waals surface area contributed by atoms with Crippen LogP contribution in [0.4, 0.5) is 4.39 Å². The summed E-state index contributed by atoms with van der Waals surface area (Å²) in [5.74, 6) is -2.12. The number of aliphatic hydroxyl groups is 1. The van der Waals surface area contributed by atoms with E-state index in [9.17, 15) is 19.1 Å². The van der Waals surface area contributed by atoms with E-state index in [0.29, 0.717) is 24.2 Å². The topological polar surface area (TPSA) is 66.8 Å². The summed E-state index contributed by atoms with van der Waals surface area (Å²) >= 11 is 3.34. The Morgan fingerprint density at radius 2 is 1.77 bits per heavy atom. The number of aliphatic hydroxyl groups excluding tert-OH is 1. The minimum absolute atomic E-state index is 0.00120. The number of ether oxygens (including phenoxy) is 1. The van der Waals surface area contributed by atoms with Crippen molar-refractivity contribution in [3.05, 3.63) is 75.5 Å². The maximum absolute atomic E-state index is 13.5. The van der Waals surface area contributed by atoms with Gasteiger partial charge in [0.2, 0.25) is 0 Å². The number of carbonyl (C=O) groups excluding carboxylic acids is 2. The van der Waals surface area contributed by atoms with Gasteiger partial charge in [0.05, 0.1) is 17.7 Å². The molecule has 0 aromatic heterocycles. The lowest BCUT2D eigenvalue weighted by atomic mass is 9.95. The molecule has 1 aliphatic heterocycles. The van der Waals surface area contributed by atoms with E-state index in [1.807, 2.05) is 13.8 Å². The third kappa shape index (κ3) is 4.79. The molecule has 2 aromatic carbocycles. The number of Topliss-reactive ketones (excluding diaryl/α,β-unsaturated/α-hetero) is 1. The van der Waals surface area contributed by atoms with E-state index in [0.717, 1.165) is 4.47 Å². The minimum Gasteiger partial charge on any atom is -0.507 e. The highest BCUT2D eigenvalue weighted by Gasteiger charge is 2.45. The Morgan fingerprint density at radius 1 is 1.13 bits per heavy atom. The first-order valence-corrected chi connectivity index (χ1v) is 10.5. The second kappa shape index (κ2) is 9.53. The van der Waals surface area contributed by atoms with Gasteiger partial charge in [0.1, 0.15) is 11.6 Å². The standard InChI is InChI=1S/C23H23BrFNO4/c1-14(2)30-13-3-12-26-20(15-6-10-18(25)11-7-15)19(22(28)23(26)29)21(27)16-4-8-17(24)9-5-16/h4-11,14,20,27H,3,12-13H2,1-2H3/t20-/m1/s1. The molecule has 30 heavy (non-hydrogen) atoms. The lowest BCUT2D eigenvalue weighted by Crippen LogP contribution is -2.31. The van der Waals surface area contributed by atoms with E-state index >= 15 is 0 Å². The van der Waals surface area contributed by atoms with Crippen molar-refractivity contribution >= 4 is 33.4 Å². The number of amides is 1. The average Bonchev–Trinajstić information content (AvgIpc) is 2.96. The van der Waals surface area contributed by atoms with Crippen molar-refractivity contribution in [2.75, 3.05) is 13.2 Å². The summed E-state index contributed by atoms with van der Waals surface area (Å²) in [6.45, 7) is 4.55. The average molecular weight is 476 g/mol. The van der Waals surface area contributed by atoms with E-state index in [4.69, 9.17) is 4.74 Å². The predicted molar refractivity (Wildman–Crippen MR) is 115 cm³/mol. The van der Waals surface area contributed by atoms with Crippen LogP contribution in [0.1, 0.15) is 37.4 Å². The summed E-state index contributed by atoms with van der Waals surface area (Å²) < 4.78 is 19.8. The lowest BCUT2D eigenvalue weighted by Gasteiger charge is -2.25. The number of carbonyl (C=O) groups is 2. The lowest BCUT2D eigenvalue weighted by molar-refractivity contribution is -0.140. The Balaban J connectivity index is 2.01. The van der Waals surface area contributed by atoms with Crippen LogP contribution in [-0.2, 0) is 14.3 Å². The zero-order valence-electron chi connectivity index (χ0n) is 16.8. The summed E-state index contributed by atoms with van der Waals surface area (Å²) in [6.07, 6.45) is 0.590. The Hall–Kier alpha value is -2.51. The van der Waals surface area contributed by atoms with E-state index in [1.54, 1.807) is 24.3 Å². The molecule has 0 radical (unpaired) electrons. The number of hydrogen-bond acceptors (Lipinski definition) is 4. The largest absolute Gasteiger partial charge is 0.507 e. The summed E-state index contributed by atoms with van der Waals surface area (Å²) in [5.41, 5.74) is 0.976. The monoisotopic (exact) mass is 475 g/mol. The smallest absolute Gasteiger partial charge is 0.295 e. The Morgan fingerprint density at radius 3 is 2.37 bits per heavy atom. The van der Waals surface area contributed by atoms with Gasteiger partial charge in [-0.25, -0.2) is 4.39 Å². The van der Waals surface area contributed by atoms with Crippen molar-refractivity contribution in [1.29, 1.82) is 0 Å². The fraction of sp³-hybridized carbons (Fsp3) is 0.304. The second-order valence-electron chi connectivity index (χ2n) is 7.32. The predicted octanol–water partition coefficient (Wildman–Crippen LogP) is 4.83. The van der Waals surface area contributed by atoms with Crippen molar-refractivity contribution in [1.82, 2.24) is 4.90 Å². The maximum Gasteiger partial charge on any atom is 0.295 e. The van der Waals surface area contributed by atoms with Crippen molar-refractivity contribution in [3.8, 4) is 0 Å². The Labute approximate surface area is 183 Å². The van der Waals surface area contributed by atoms with E-state index < -0.39 is 23.5 Å². The third-order valence-corrected chi connectivity index (χ3v) is 5.37. The minimum atomic E-state index is -0.798. The zero-order valence-corrected chi connectivity index (χ0v) is 18.4. The van der Waals surface area contributed by atoms with Crippen molar-refractivity contribution in [3.63, 3.8) is 0 Å². The molecule has 1 aliphatic rings. The number of nitrogens with zero attached hydrogens (tertiary/aromatic N) is 1. The molecule has 158 valence electrons. The summed E-state index contributed by atoms with van der Waals surface area (Å²) in [4.78, 5) is 27.1. The molecule has 1 saturated heterocycles. The Bertz CT molecular complexity index is 954. The molecule has 7 heteroatoms. The molecule has 0 spiro atoms. The van der Waals surface area contributed by atoms with Gasteiger partial charge >= 0.3 is 0 Å². The van der Waals surface area contributed by atoms with Gasteiger partial charge in [0.25, 0.3) is 11.7 Å². The zero-order chi connectivity index (χ0) is 21.8. The van der Waals surface area contributed by atoms with Crippen LogP contribution in [0, 0.1) is 5.82 Å². The van der Waals surface area contributed by atoms with Gasteiger partial charge in [-0.1, -0.05) is 40.2 Å². The van der Waals surface area contributed by atoms with Gasteiger partial charge in [0.15, 0.2) is 0 Å². The molecular formula is C23H23BrFNO4. The molecule has 1 atom stereocenters. The fourth-order valence-electron chi connectivity index (χ4n) is 3.42. The highest BCUT2D eigenvalue weighted by Crippen LogP contribution is 2.39. The number of benzene rings is 2. The van der Waals surface area contributed by atoms with Gasteiger partial charge in [-0.05, 0) is 50.1 Å². The molecule has 0 aliphatic carbocycles. The van der Waals surface area contributed by atoms with Gasteiger partial charge in [-0.2, -0.15) is 0 Å². The molecule has 2 aromatic rings. The van der Waals surface area contributed by atoms with E-state index in [1.165, 1.54) is 29.2 Å². The van der Waals surface area contributed by atoms with Crippen LogP contribution in [-0.4, -0.2) is 41.0 Å². The second-order valence-corrected chi connectivity index (χ2v) is 8.24. The third-order valence-electron chi connectivity index (χ3n) is 4.84. The Kier molecular flexibility index (Phi) is 7.05. The number of likely N-dealkylation sites (tertiary alicyclic amines) is 1. The molecular weight excluding hydrogens is 453 g/mol. The van der Waals surface area contributed by atoms with Crippen LogP contribution in [0.15, 0.2) is 58.6 Å². The highest BCUT2D eigenvalue weighted by atomic mass is 79.9. The first-order valence-electron chi connectivity index (χ1n) is 9.71. The van der Waals surface area contributed by atoms with Crippen molar-refractivity contribution in [2.45, 2.75) is 32.4 Å². The van der Waals surface area contributed by atoms with E-state index in [2.05, 4.69) is 15.9 Å². The van der Waals surface area contributed by atoms with Crippen LogP contribution in [0.5, 0.6) is 0 Å². The first-order chi connectivity index (χ1) is 14.3. The molecule has 1 N–H and O–H groups in total. The van der Waals surface area contributed by atoms with Gasteiger partial charge in [-0.15, -0.1) is 0 Å². The van der Waals surface area contributed by atoms with Crippen molar-refractivity contribution < 1.29 is 23.8 Å².